The van der Waals surface area contributed by atoms with Gasteiger partial charge < -0.3 is 10.2 Å². The van der Waals surface area contributed by atoms with Crippen molar-refractivity contribution >= 4 is 17.4 Å². The lowest BCUT2D eigenvalue weighted by atomic mass is 10.2. The zero-order valence-electron chi connectivity index (χ0n) is 13.1. The Morgan fingerprint density at radius 1 is 1.09 bits per heavy atom. The quantitative estimate of drug-likeness (QED) is 0.909. The first-order chi connectivity index (χ1) is 11.3. The molecule has 6 heteroatoms. The van der Waals surface area contributed by atoms with Crippen LogP contribution in [0.2, 0.25) is 0 Å². The maximum atomic E-state index is 12.0. The zero-order valence-corrected chi connectivity index (χ0v) is 13.1. The van der Waals surface area contributed by atoms with Crippen LogP contribution in [0.3, 0.4) is 0 Å². The molecule has 23 heavy (non-hydrogen) atoms. The van der Waals surface area contributed by atoms with Crippen LogP contribution in [-0.4, -0.2) is 53.5 Å². The van der Waals surface area contributed by atoms with Crippen molar-refractivity contribution in [2.24, 2.45) is 0 Å². The number of hydrogen-bond acceptors (Lipinski definition) is 5. The molecule has 0 spiro atoms. The number of aromatic nitrogens is 2. The van der Waals surface area contributed by atoms with Gasteiger partial charge in [0.15, 0.2) is 0 Å². The van der Waals surface area contributed by atoms with Crippen molar-refractivity contribution in [3.05, 3.63) is 48.9 Å². The van der Waals surface area contributed by atoms with Gasteiger partial charge in [-0.15, -0.1) is 0 Å². The fraction of sp³-hybridized carbons (Fsp3) is 0.353. The predicted octanol–water partition coefficient (Wildman–Crippen LogP) is 1.63. The van der Waals surface area contributed by atoms with Crippen LogP contribution in [0.4, 0.5) is 11.5 Å². The van der Waals surface area contributed by atoms with Gasteiger partial charge in [0.05, 0.1) is 6.20 Å². The van der Waals surface area contributed by atoms with E-state index in [1.54, 1.807) is 18.6 Å². The van der Waals surface area contributed by atoms with Gasteiger partial charge in [-0.2, -0.15) is 0 Å². The molecule has 0 radical (unpaired) electrons. The molecule has 0 unspecified atom stereocenters. The van der Waals surface area contributed by atoms with E-state index in [-0.39, 0.29) is 5.91 Å². The minimum Gasteiger partial charge on any atom is -0.353 e. The topological polar surface area (TPSA) is 61.4 Å². The van der Waals surface area contributed by atoms with Gasteiger partial charge in [-0.05, 0) is 12.1 Å². The molecular formula is C17H21N5O. The smallest absolute Gasteiger partial charge is 0.225 e. The summed E-state index contributed by atoms with van der Waals surface area (Å²) >= 11 is 0. The maximum Gasteiger partial charge on any atom is 0.225 e. The normalized spacial score (nSPS) is 15.4. The van der Waals surface area contributed by atoms with E-state index in [0.717, 1.165) is 44.2 Å². The first-order valence-electron chi connectivity index (χ1n) is 7.89. The van der Waals surface area contributed by atoms with E-state index >= 15 is 0 Å². The molecule has 6 nitrogen and oxygen atoms in total. The molecule has 1 aliphatic heterocycles. The second kappa shape index (κ2) is 7.69. The Labute approximate surface area is 136 Å². The Bertz CT molecular complexity index is 611. The lowest BCUT2D eigenvalue weighted by Crippen LogP contribution is -2.47. The molecule has 0 atom stereocenters. The number of para-hydroxylation sites is 1. The Morgan fingerprint density at radius 2 is 1.87 bits per heavy atom. The summed E-state index contributed by atoms with van der Waals surface area (Å²) in [6, 6.07) is 9.57. The van der Waals surface area contributed by atoms with Crippen molar-refractivity contribution in [1.82, 2.24) is 14.9 Å². The zero-order chi connectivity index (χ0) is 15.9. The SMILES string of the molecule is O=C(CCN1CCN(c2cnccn2)CC1)Nc1ccccc1. The minimum atomic E-state index is 0.0626. The van der Waals surface area contributed by atoms with Gasteiger partial charge in [-0.3, -0.25) is 14.7 Å². The number of carbonyl (C=O) groups excluding carboxylic acids is 1. The first-order valence-corrected chi connectivity index (χ1v) is 7.89. The molecule has 1 saturated heterocycles. The molecule has 1 aromatic heterocycles. The van der Waals surface area contributed by atoms with Gasteiger partial charge in [0.2, 0.25) is 5.91 Å². The van der Waals surface area contributed by atoms with Crippen LogP contribution in [0, 0.1) is 0 Å². The molecular weight excluding hydrogens is 290 g/mol. The summed E-state index contributed by atoms with van der Waals surface area (Å²) in [6.45, 7) is 4.50. The van der Waals surface area contributed by atoms with Gasteiger partial charge in [0, 0.05) is 57.2 Å². The summed E-state index contributed by atoms with van der Waals surface area (Å²) < 4.78 is 0. The largest absolute Gasteiger partial charge is 0.353 e. The Balaban J connectivity index is 1.40. The summed E-state index contributed by atoms with van der Waals surface area (Å²) in [5.41, 5.74) is 0.852. The molecule has 1 aliphatic rings. The molecule has 0 bridgehead atoms. The third-order valence-corrected chi connectivity index (χ3v) is 3.96. The van der Waals surface area contributed by atoms with Crippen molar-refractivity contribution in [1.29, 1.82) is 0 Å². The van der Waals surface area contributed by atoms with Crippen molar-refractivity contribution < 1.29 is 4.79 Å². The highest BCUT2D eigenvalue weighted by molar-refractivity contribution is 5.90. The Hall–Kier alpha value is -2.47. The fourth-order valence-electron chi connectivity index (χ4n) is 2.66. The van der Waals surface area contributed by atoms with Crippen LogP contribution >= 0.6 is 0 Å². The number of piperazine rings is 1. The Kier molecular flexibility index (Phi) is 5.16. The summed E-state index contributed by atoms with van der Waals surface area (Å²) in [5, 5.41) is 2.92. The van der Waals surface area contributed by atoms with Crippen molar-refractivity contribution in [2.45, 2.75) is 6.42 Å². The van der Waals surface area contributed by atoms with Crippen LogP contribution in [0.25, 0.3) is 0 Å². The standard InChI is InChI=1S/C17H21N5O/c23-17(20-15-4-2-1-3-5-15)6-9-21-10-12-22(13-11-21)16-14-18-7-8-19-16/h1-5,7-8,14H,6,9-13H2,(H,20,23). The number of nitrogens with one attached hydrogen (secondary N) is 1. The maximum absolute atomic E-state index is 12.0. The van der Waals surface area contributed by atoms with Gasteiger partial charge in [0.25, 0.3) is 0 Å². The second-order valence-corrected chi connectivity index (χ2v) is 5.56. The molecule has 0 saturated carbocycles. The molecule has 120 valence electrons. The van der Waals surface area contributed by atoms with Crippen molar-refractivity contribution in [3.8, 4) is 0 Å². The van der Waals surface area contributed by atoms with E-state index in [9.17, 15) is 4.79 Å². The van der Waals surface area contributed by atoms with Crippen molar-refractivity contribution in [3.63, 3.8) is 0 Å². The van der Waals surface area contributed by atoms with E-state index in [1.807, 2.05) is 30.3 Å². The predicted molar refractivity (Wildman–Crippen MR) is 90.4 cm³/mol. The molecule has 2 aromatic rings. The van der Waals surface area contributed by atoms with Gasteiger partial charge in [-0.1, -0.05) is 18.2 Å². The monoisotopic (exact) mass is 311 g/mol. The summed E-state index contributed by atoms with van der Waals surface area (Å²) in [6.07, 6.45) is 5.71. The van der Waals surface area contributed by atoms with Gasteiger partial charge in [-0.25, -0.2) is 4.98 Å². The van der Waals surface area contributed by atoms with E-state index in [4.69, 9.17) is 0 Å². The third kappa shape index (κ3) is 4.50. The van der Waals surface area contributed by atoms with Crippen molar-refractivity contribution in [2.75, 3.05) is 42.9 Å². The summed E-state index contributed by atoms with van der Waals surface area (Å²) in [4.78, 5) is 25.0. The number of carbonyl (C=O) groups is 1. The fourth-order valence-corrected chi connectivity index (χ4v) is 2.66. The third-order valence-electron chi connectivity index (χ3n) is 3.96. The van der Waals surface area contributed by atoms with Crippen LogP contribution in [-0.2, 0) is 4.79 Å². The number of anilines is 2. The molecule has 0 aliphatic carbocycles. The molecule has 2 heterocycles. The van der Waals surface area contributed by atoms with Gasteiger partial charge in [0.1, 0.15) is 5.82 Å². The molecule has 1 aromatic carbocycles. The molecule has 3 rings (SSSR count). The van der Waals surface area contributed by atoms with E-state index in [2.05, 4.69) is 25.1 Å². The molecule has 1 N–H and O–H groups in total. The number of rotatable bonds is 5. The van der Waals surface area contributed by atoms with Crippen LogP contribution in [0.1, 0.15) is 6.42 Å². The average Bonchev–Trinajstić information content (AvgIpc) is 2.62. The summed E-state index contributed by atoms with van der Waals surface area (Å²) in [5.74, 6) is 0.988. The average molecular weight is 311 g/mol. The lowest BCUT2D eigenvalue weighted by molar-refractivity contribution is -0.116. The number of benzene rings is 1. The van der Waals surface area contributed by atoms with Crippen LogP contribution in [0.5, 0.6) is 0 Å². The minimum absolute atomic E-state index is 0.0626. The molecule has 1 fully saturated rings. The van der Waals surface area contributed by atoms with E-state index < -0.39 is 0 Å². The lowest BCUT2D eigenvalue weighted by Gasteiger charge is -2.35. The van der Waals surface area contributed by atoms with E-state index in [0.29, 0.717) is 6.42 Å². The highest BCUT2D eigenvalue weighted by atomic mass is 16.1. The van der Waals surface area contributed by atoms with Crippen LogP contribution < -0.4 is 10.2 Å². The van der Waals surface area contributed by atoms with E-state index in [1.165, 1.54) is 0 Å². The number of amides is 1. The highest BCUT2D eigenvalue weighted by Gasteiger charge is 2.18. The highest BCUT2D eigenvalue weighted by Crippen LogP contribution is 2.12. The molecule has 1 amide bonds. The number of hydrogen-bond donors (Lipinski definition) is 1. The summed E-state index contributed by atoms with van der Waals surface area (Å²) in [7, 11) is 0. The van der Waals surface area contributed by atoms with Crippen LogP contribution in [0.15, 0.2) is 48.9 Å². The van der Waals surface area contributed by atoms with Gasteiger partial charge >= 0.3 is 0 Å². The number of nitrogens with zero attached hydrogens (tertiary/aromatic N) is 4. The Morgan fingerprint density at radius 3 is 2.57 bits per heavy atom. The second-order valence-electron chi connectivity index (χ2n) is 5.56. The first kappa shape index (κ1) is 15.4.